The average Bonchev–Trinajstić information content (AvgIpc) is 3.97. The van der Waals surface area contributed by atoms with E-state index >= 15 is 4.79 Å². The lowest BCUT2D eigenvalue weighted by molar-refractivity contribution is -0.281. The molecule has 3 spiro atoms. The third-order valence-corrected chi connectivity index (χ3v) is 20.8. The molecule has 6 aliphatic carbocycles. The first kappa shape index (κ1) is 37.1. The standard InChI is InChI=1S/C53H65N3O5/c1-27-12-13-31-24-37-28(2)22-32-14-16-39-33-23-34-26-56(39)46(32)43(37)35-18-19-51-48(47(57)36-15-17-40(34)55(25-33)45(36)30-7-3-4-8-30)60-50(59)52(51,44(31)35)41(21-27)53(51)38-11-5-9-29(10-6-20-54)42(38)49(58)61-53/h5,9,11-13,27-28,30-31,33-34,36-37,39-41,43,45,57H,3-4,6-8,10,14-26,54H2,1-2H3/b13-12-,48-47+/t27-,28+,31-,33+,34+,36-,37+,39-,40-,41+,43+,45+,51-,52-,53-/m1/s1. The van der Waals surface area contributed by atoms with Crippen molar-refractivity contribution in [2.75, 3.05) is 19.6 Å². The van der Waals surface area contributed by atoms with Crippen LogP contribution in [0.1, 0.15) is 132 Å². The average molecular weight is 824 g/mol. The van der Waals surface area contributed by atoms with Crippen molar-refractivity contribution in [1.29, 1.82) is 0 Å². The summed E-state index contributed by atoms with van der Waals surface area (Å²) in [6.07, 6.45) is 21.5. The number of fused-ring (bicyclic) bond motifs is 8. The van der Waals surface area contributed by atoms with Gasteiger partial charge in [0.15, 0.2) is 11.4 Å². The molecule has 15 atom stereocenters. The van der Waals surface area contributed by atoms with Crippen LogP contribution in [-0.2, 0) is 26.3 Å². The molecule has 14 rings (SSSR count). The predicted octanol–water partition coefficient (Wildman–Crippen LogP) is 8.87. The molecule has 13 aliphatic rings. The highest BCUT2D eigenvalue weighted by Crippen LogP contribution is 2.88. The highest BCUT2D eigenvalue weighted by atomic mass is 16.6. The molecule has 0 aromatic heterocycles. The quantitative estimate of drug-likeness (QED) is 0.229. The van der Waals surface area contributed by atoms with E-state index in [9.17, 15) is 9.90 Å². The van der Waals surface area contributed by atoms with E-state index in [4.69, 9.17) is 15.2 Å². The molecule has 8 heteroatoms. The van der Waals surface area contributed by atoms with Crippen LogP contribution in [0.25, 0.3) is 0 Å². The molecule has 7 aliphatic heterocycles. The second-order valence-electron chi connectivity index (χ2n) is 22.9. The Morgan fingerprint density at radius 3 is 2.64 bits per heavy atom. The molecule has 1 aromatic carbocycles. The molecule has 3 N–H and O–H groups in total. The van der Waals surface area contributed by atoms with Crippen molar-refractivity contribution < 1.29 is 24.2 Å². The number of hydrogen-bond acceptors (Lipinski definition) is 8. The zero-order valence-corrected chi connectivity index (χ0v) is 36.4. The van der Waals surface area contributed by atoms with Crippen molar-refractivity contribution in [3.05, 3.63) is 81.0 Å². The zero-order chi connectivity index (χ0) is 40.9. The van der Waals surface area contributed by atoms with E-state index in [1.165, 1.54) is 69.1 Å². The van der Waals surface area contributed by atoms with Crippen LogP contribution in [0.2, 0.25) is 0 Å². The number of hydrogen-bond donors (Lipinski definition) is 2. The van der Waals surface area contributed by atoms with Crippen molar-refractivity contribution in [3.63, 3.8) is 0 Å². The van der Waals surface area contributed by atoms with Gasteiger partial charge in [-0.25, -0.2) is 4.79 Å². The van der Waals surface area contributed by atoms with Gasteiger partial charge in [0, 0.05) is 60.2 Å². The molecule has 7 bridgehead atoms. The largest absolute Gasteiger partial charge is 0.508 e. The molecule has 0 amide bonds. The first-order chi connectivity index (χ1) is 29.7. The number of esters is 2. The Morgan fingerprint density at radius 1 is 0.934 bits per heavy atom. The summed E-state index contributed by atoms with van der Waals surface area (Å²) in [6, 6.07) is 7.64. The number of nitrogens with two attached hydrogens (primary N) is 1. The van der Waals surface area contributed by atoms with Crippen LogP contribution < -0.4 is 5.73 Å². The summed E-state index contributed by atoms with van der Waals surface area (Å²) in [5.41, 5.74) is 11.7. The van der Waals surface area contributed by atoms with Crippen molar-refractivity contribution in [2.45, 2.75) is 140 Å². The van der Waals surface area contributed by atoms with Crippen LogP contribution in [0.5, 0.6) is 0 Å². The van der Waals surface area contributed by atoms with Gasteiger partial charge in [0.1, 0.15) is 11.2 Å². The Hall–Kier alpha value is -3.36. The smallest absolute Gasteiger partial charge is 0.339 e. The van der Waals surface area contributed by atoms with Crippen LogP contribution in [0.3, 0.4) is 0 Å². The maximum Gasteiger partial charge on any atom is 0.339 e. The molecule has 8 nitrogen and oxygen atoms in total. The lowest BCUT2D eigenvalue weighted by Crippen LogP contribution is -2.78. The van der Waals surface area contributed by atoms with E-state index in [1.807, 2.05) is 0 Å². The van der Waals surface area contributed by atoms with Crippen molar-refractivity contribution in [3.8, 4) is 0 Å². The van der Waals surface area contributed by atoms with Gasteiger partial charge < -0.3 is 25.2 Å². The summed E-state index contributed by atoms with van der Waals surface area (Å²) < 4.78 is 14.3. The number of aliphatic hydroxyl groups is 1. The van der Waals surface area contributed by atoms with Gasteiger partial charge in [-0.1, -0.05) is 68.2 Å². The number of carbonyl (C=O) groups is 2. The fraction of sp³-hybridized carbons (Fsp3) is 0.698. The van der Waals surface area contributed by atoms with Gasteiger partial charge in [0.2, 0.25) is 0 Å². The summed E-state index contributed by atoms with van der Waals surface area (Å²) in [5, 5.41) is 13.6. The summed E-state index contributed by atoms with van der Waals surface area (Å²) in [6.45, 7) is 7.66. The molecular weight excluding hydrogens is 759 g/mol. The number of aryl methyl sites for hydroxylation is 1. The van der Waals surface area contributed by atoms with Crippen molar-refractivity contribution in [2.24, 2.45) is 75.7 Å². The SMILES string of the molecule is C[C@@H]1/C=C\[C@@H]2C[C@@H]3[C@@H]4C5=C2[C@]26C(=O)O/C(=C(/O)[C@@H]7CC[C@@H]8[C@H]9C[C@@H](CN8[C@H]7C7CCCC7)[C@H]7CCC(=C4N7C9)C[C@@H]3C)[C@@]2(CC5)[C@]2(OC(=O)c3c(CCCN)cccc32)[C@H]6C1. The van der Waals surface area contributed by atoms with Crippen molar-refractivity contribution in [1.82, 2.24) is 9.80 Å². The fourth-order valence-corrected chi connectivity index (χ4v) is 19.1. The van der Waals surface area contributed by atoms with E-state index in [-0.39, 0.29) is 41.7 Å². The van der Waals surface area contributed by atoms with Crippen LogP contribution in [0.4, 0.5) is 0 Å². The maximum absolute atomic E-state index is 16.1. The first-order valence-electron chi connectivity index (χ1n) is 25.1. The molecule has 0 unspecified atom stereocenters. The lowest BCUT2D eigenvalue weighted by atomic mass is 9.27. The number of ether oxygens (including phenoxy) is 2. The van der Waals surface area contributed by atoms with E-state index in [0.29, 0.717) is 90.5 Å². The topological polar surface area (TPSA) is 105 Å². The minimum Gasteiger partial charge on any atom is -0.508 e. The second-order valence-corrected chi connectivity index (χ2v) is 22.9. The monoisotopic (exact) mass is 823 g/mol. The molecule has 322 valence electrons. The van der Waals surface area contributed by atoms with Crippen LogP contribution in [0.15, 0.2) is 64.3 Å². The van der Waals surface area contributed by atoms with E-state index in [0.717, 1.165) is 49.8 Å². The number of piperidine rings is 3. The Balaban J connectivity index is 1.09. The number of rotatable bonds is 4. The van der Waals surface area contributed by atoms with Crippen molar-refractivity contribution >= 4 is 11.9 Å². The number of aliphatic hydroxyl groups excluding tert-OH is 1. The van der Waals surface area contributed by atoms with E-state index in [2.05, 4.69) is 54.0 Å². The Bertz CT molecular complexity index is 2300. The summed E-state index contributed by atoms with van der Waals surface area (Å²) in [4.78, 5) is 36.9. The number of allylic oxidation sites excluding steroid dienone is 4. The highest BCUT2D eigenvalue weighted by Gasteiger charge is 2.94. The van der Waals surface area contributed by atoms with Gasteiger partial charge >= 0.3 is 11.9 Å². The second kappa shape index (κ2) is 12.5. The van der Waals surface area contributed by atoms with Gasteiger partial charge in [-0.3, -0.25) is 9.69 Å². The van der Waals surface area contributed by atoms with Gasteiger partial charge in [-0.2, -0.15) is 0 Å². The fourth-order valence-electron chi connectivity index (χ4n) is 19.1. The molecular formula is C53H65N3O5. The molecule has 7 heterocycles. The predicted molar refractivity (Wildman–Crippen MR) is 230 cm³/mol. The van der Waals surface area contributed by atoms with Gasteiger partial charge in [0.05, 0.1) is 11.0 Å². The Labute approximate surface area is 361 Å². The molecule has 2 saturated carbocycles. The van der Waals surface area contributed by atoms with Gasteiger partial charge in [0.25, 0.3) is 0 Å². The van der Waals surface area contributed by atoms with Crippen LogP contribution >= 0.6 is 0 Å². The number of benzene rings is 1. The summed E-state index contributed by atoms with van der Waals surface area (Å²) >= 11 is 0. The number of carbonyl (C=O) groups excluding carboxylic acids is 2. The normalized spacial score (nSPS) is 48.9. The zero-order valence-electron chi connectivity index (χ0n) is 36.4. The minimum absolute atomic E-state index is 0.106. The molecule has 61 heavy (non-hydrogen) atoms. The Kier molecular flexibility index (Phi) is 7.57. The van der Waals surface area contributed by atoms with Crippen LogP contribution in [0, 0.1) is 70.0 Å². The first-order valence-corrected chi connectivity index (χ1v) is 25.1. The molecule has 0 radical (unpaired) electrons. The number of nitrogens with zero attached hydrogens (tertiary/aromatic N) is 2. The minimum atomic E-state index is -1.12. The third-order valence-electron chi connectivity index (χ3n) is 20.8. The van der Waals surface area contributed by atoms with Gasteiger partial charge in [-0.15, -0.1) is 0 Å². The lowest BCUT2D eigenvalue weighted by Gasteiger charge is -2.73. The van der Waals surface area contributed by atoms with E-state index < -0.39 is 16.4 Å². The Morgan fingerprint density at radius 2 is 1.79 bits per heavy atom. The van der Waals surface area contributed by atoms with Crippen LogP contribution in [-0.4, -0.2) is 64.6 Å². The van der Waals surface area contributed by atoms with E-state index in [1.54, 1.807) is 11.3 Å². The summed E-state index contributed by atoms with van der Waals surface area (Å²) in [5.74, 6) is 3.41. The third kappa shape index (κ3) is 4.16. The molecule has 4 saturated heterocycles. The summed E-state index contributed by atoms with van der Waals surface area (Å²) in [7, 11) is 0. The molecule has 6 fully saturated rings. The highest BCUT2D eigenvalue weighted by molar-refractivity contribution is 6.00. The molecule has 1 aromatic rings. The van der Waals surface area contributed by atoms with Gasteiger partial charge in [-0.05, 0) is 149 Å². The maximum atomic E-state index is 16.1.